The van der Waals surface area contributed by atoms with E-state index in [-0.39, 0.29) is 6.54 Å². The molecule has 0 amide bonds. The Morgan fingerprint density at radius 1 is 1.62 bits per heavy atom. The van der Waals surface area contributed by atoms with Crippen molar-refractivity contribution in [3.05, 3.63) is 0 Å². The second-order valence-electron chi connectivity index (χ2n) is 2.59. The van der Waals surface area contributed by atoms with Gasteiger partial charge in [-0.1, -0.05) is 0 Å². The maximum absolute atomic E-state index is 10.8. The van der Waals surface area contributed by atoms with Crippen molar-refractivity contribution in [1.82, 2.24) is 5.32 Å². The van der Waals surface area contributed by atoms with Crippen LogP contribution >= 0.6 is 0 Å². The molecule has 0 bridgehead atoms. The summed E-state index contributed by atoms with van der Waals surface area (Å²) in [7, 11) is 1.59. The number of aliphatic carboxylic acids is 1. The zero-order valence-electron chi connectivity index (χ0n) is 7.61. The number of carbonyl (C=O) groups is 2. The molecule has 0 unspecified atom stereocenters. The first-order valence-electron chi connectivity index (χ1n) is 3.81. The third-order valence-electron chi connectivity index (χ3n) is 1.43. The molecule has 0 saturated carbocycles. The molecule has 0 saturated heterocycles. The molecule has 0 radical (unpaired) electrons. The van der Waals surface area contributed by atoms with E-state index >= 15 is 0 Å². The molecule has 76 valence electrons. The van der Waals surface area contributed by atoms with Gasteiger partial charge < -0.3 is 20.9 Å². The Kier molecular flexibility index (Phi) is 5.01. The fourth-order valence-corrected chi connectivity index (χ4v) is 0.667. The fraction of sp³-hybridized carbons (Fsp3) is 0.714. The predicted octanol–water partition coefficient (Wildman–Crippen LogP) is -1.45. The topological polar surface area (TPSA) is 102 Å². The van der Waals surface area contributed by atoms with Gasteiger partial charge in [-0.2, -0.15) is 0 Å². The lowest BCUT2D eigenvalue weighted by Crippen LogP contribution is -2.43. The van der Waals surface area contributed by atoms with Crippen LogP contribution in [0.25, 0.3) is 0 Å². The highest BCUT2D eigenvalue weighted by Gasteiger charge is 2.22. The van der Waals surface area contributed by atoms with Crippen LogP contribution in [0.5, 0.6) is 0 Å². The lowest BCUT2D eigenvalue weighted by molar-refractivity contribution is -0.152. The van der Waals surface area contributed by atoms with Gasteiger partial charge in [0.25, 0.3) is 0 Å². The molecular formula is C7H14N2O4. The molecule has 0 aromatic rings. The van der Waals surface area contributed by atoms with E-state index in [0.717, 1.165) is 0 Å². The SMILES string of the molecule is CNCC(=O)O[C@@H](C)[C@H](N)C(=O)O. The molecule has 0 rings (SSSR count). The minimum absolute atomic E-state index is 0.0384. The number of carboxylic acids is 1. The normalized spacial score (nSPS) is 14.7. The molecule has 0 aliphatic carbocycles. The van der Waals surface area contributed by atoms with Gasteiger partial charge in [0.15, 0.2) is 0 Å². The molecule has 0 spiro atoms. The van der Waals surface area contributed by atoms with Crippen LogP contribution in [0.1, 0.15) is 6.92 Å². The molecule has 13 heavy (non-hydrogen) atoms. The Balaban J connectivity index is 3.92. The van der Waals surface area contributed by atoms with E-state index in [2.05, 4.69) is 5.32 Å². The summed E-state index contributed by atoms with van der Waals surface area (Å²) < 4.78 is 4.71. The standard InChI is InChI=1S/C7H14N2O4/c1-4(6(8)7(11)12)13-5(10)3-9-2/h4,6,9H,3,8H2,1-2H3,(H,11,12)/t4-,6-/m0/s1. The average Bonchev–Trinajstić information content (AvgIpc) is 2.03. The lowest BCUT2D eigenvalue weighted by Gasteiger charge is -2.16. The second kappa shape index (κ2) is 5.50. The van der Waals surface area contributed by atoms with E-state index in [9.17, 15) is 9.59 Å². The van der Waals surface area contributed by atoms with Crippen LogP contribution in [-0.2, 0) is 14.3 Å². The number of hydrogen-bond donors (Lipinski definition) is 3. The molecule has 2 atom stereocenters. The monoisotopic (exact) mass is 190 g/mol. The molecular weight excluding hydrogens is 176 g/mol. The van der Waals surface area contributed by atoms with Gasteiger partial charge in [0, 0.05) is 0 Å². The van der Waals surface area contributed by atoms with Crippen molar-refractivity contribution in [2.45, 2.75) is 19.1 Å². The highest BCUT2D eigenvalue weighted by atomic mass is 16.5. The van der Waals surface area contributed by atoms with Crippen LogP contribution in [0.15, 0.2) is 0 Å². The predicted molar refractivity (Wildman–Crippen MR) is 45.1 cm³/mol. The van der Waals surface area contributed by atoms with E-state index in [1.54, 1.807) is 7.05 Å². The summed E-state index contributed by atoms with van der Waals surface area (Å²) in [5.41, 5.74) is 5.21. The van der Waals surface area contributed by atoms with Gasteiger partial charge in [-0.25, -0.2) is 0 Å². The minimum Gasteiger partial charge on any atom is -0.480 e. The minimum atomic E-state index is -1.19. The molecule has 4 N–H and O–H groups in total. The van der Waals surface area contributed by atoms with Crippen molar-refractivity contribution >= 4 is 11.9 Å². The van der Waals surface area contributed by atoms with Crippen LogP contribution < -0.4 is 11.1 Å². The Hall–Kier alpha value is -1.14. The molecule has 0 fully saturated rings. The van der Waals surface area contributed by atoms with Gasteiger partial charge in [-0.3, -0.25) is 9.59 Å². The van der Waals surface area contributed by atoms with Crippen molar-refractivity contribution in [3.63, 3.8) is 0 Å². The summed E-state index contributed by atoms with van der Waals surface area (Å²) in [6, 6.07) is -1.18. The highest BCUT2D eigenvalue weighted by Crippen LogP contribution is 1.96. The molecule has 0 aromatic heterocycles. The summed E-state index contributed by atoms with van der Waals surface area (Å²) in [6.07, 6.45) is -0.821. The van der Waals surface area contributed by atoms with E-state index in [0.29, 0.717) is 0 Å². The summed E-state index contributed by atoms with van der Waals surface area (Å²) >= 11 is 0. The van der Waals surface area contributed by atoms with Crippen molar-refractivity contribution in [3.8, 4) is 0 Å². The number of carboxylic acid groups (broad SMARTS) is 1. The van der Waals surface area contributed by atoms with Crippen molar-refractivity contribution in [2.75, 3.05) is 13.6 Å². The average molecular weight is 190 g/mol. The highest BCUT2D eigenvalue weighted by molar-refractivity contribution is 5.76. The first-order chi connectivity index (χ1) is 5.99. The van der Waals surface area contributed by atoms with Crippen molar-refractivity contribution in [1.29, 1.82) is 0 Å². The Morgan fingerprint density at radius 3 is 2.54 bits per heavy atom. The Morgan fingerprint density at radius 2 is 2.15 bits per heavy atom. The first-order valence-corrected chi connectivity index (χ1v) is 3.81. The zero-order valence-corrected chi connectivity index (χ0v) is 7.61. The molecule has 6 heteroatoms. The maximum atomic E-state index is 10.8. The second-order valence-corrected chi connectivity index (χ2v) is 2.59. The van der Waals surface area contributed by atoms with Crippen LogP contribution in [0, 0.1) is 0 Å². The number of rotatable bonds is 5. The van der Waals surface area contributed by atoms with Gasteiger partial charge in [0.2, 0.25) is 0 Å². The summed E-state index contributed by atoms with van der Waals surface area (Å²) in [6.45, 7) is 1.48. The van der Waals surface area contributed by atoms with E-state index in [4.69, 9.17) is 15.6 Å². The van der Waals surface area contributed by atoms with Gasteiger partial charge in [0.05, 0.1) is 6.54 Å². The molecule has 6 nitrogen and oxygen atoms in total. The lowest BCUT2D eigenvalue weighted by atomic mass is 10.2. The number of ether oxygens (including phenoxy) is 1. The summed E-state index contributed by atoms with van der Waals surface area (Å²) in [5.74, 6) is -1.71. The van der Waals surface area contributed by atoms with Crippen LogP contribution in [0.2, 0.25) is 0 Å². The summed E-state index contributed by atoms with van der Waals surface area (Å²) in [4.78, 5) is 21.2. The quantitative estimate of drug-likeness (QED) is 0.458. The first kappa shape index (κ1) is 11.9. The molecule has 0 aliphatic heterocycles. The maximum Gasteiger partial charge on any atom is 0.324 e. The van der Waals surface area contributed by atoms with E-state index in [1.165, 1.54) is 6.92 Å². The number of esters is 1. The third-order valence-corrected chi connectivity index (χ3v) is 1.43. The van der Waals surface area contributed by atoms with E-state index in [1.807, 2.05) is 0 Å². The van der Waals surface area contributed by atoms with Crippen LogP contribution in [-0.4, -0.2) is 42.8 Å². The molecule has 0 heterocycles. The zero-order chi connectivity index (χ0) is 10.4. The molecule has 0 aliphatic rings. The number of likely N-dealkylation sites (N-methyl/N-ethyl adjacent to an activating group) is 1. The van der Waals surface area contributed by atoms with Gasteiger partial charge in [-0.05, 0) is 14.0 Å². The number of carbonyl (C=O) groups excluding carboxylic acids is 1. The third kappa shape index (κ3) is 4.44. The van der Waals surface area contributed by atoms with Crippen molar-refractivity contribution in [2.24, 2.45) is 5.73 Å². The van der Waals surface area contributed by atoms with Crippen molar-refractivity contribution < 1.29 is 19.4 Å². The summed E-state index contributed by atoms with van der Waals surface area (Å²) in [5, 5.41) is 11.0. The number of nitrogens with two attached hydrogens (primary N) is 1. The molecule has 0 aromatic carbocycles. The Labute approximate surface area is 76.0 Å². The number of nitrogens with one attached hydrogen (secondary N) is 1. The van der Waals surface area contributed by atoms with Crippen LogP contribution in [0.3, 0.4) is 0 Å². The number of hydrogen-bond acceptors (Lipinski definition) is 5. The van der Waals surface area contributed by atoms with Gasteiger partial charge in [-0.15, -0.1) is 0 Å². The largest absolute Gasteiger partial charge is 0.480 e. The van der Waals surface area contributed by atoms with E-state index < -0.39 is 24.1 Å². The fourth-order valence-electron chi connectivity index (χ4n) is 0.667. The van der Waals surface area contributed by atoms with Gasteiger partial charge in [0.1, 0.15) is 12.1 Å². The Bertz CT molecular complexity index is 195. The smallest absolute Gasteiger partial charge is 0.324 e. The van der Waals surface area contributed by atoms with Gasteiger partial charge >= 0.3 is 11.9 Å². The van der Waals surface area contributed by atoms with Crippen LogP contribution in [0.4, 0.5) is 0 Å².